The van der Waals surface area contributed by atoms with Crippen LogP contribution in [-0.2, 0) is 31.2 Å². The SMILES string of the molecule is Cn1c(Cn2cncn2)nc2c1CCC(C(=O)O)C2. The lowest BCUT2D eigenvalue weighted by Crippen LogP contribution is -2.22. The van der Waals surface area contributed by atoms with Gasteiger partial charge >= 0.3 is 5.97 Å². The zero-order chi connectivity index (χ0) is 13.4. The minimum Gasteiger partial charge on any atom is -0.481 e. The van der Waals surface area contributed by atoms with Crippen LogP contribution in [0.3, 0.4) is 0 Å². The van der Waals surface area contributed by atoms with Gasteiger partial charge in [0.25, 0.3) is 0 Å². The lowest BCUT2D eigenvalue weighted by molar-refractivity contribution is -0.142. The van der Waals surface area contributed by atoms with E-state index in [0.717, 1.165) is 23.6 Å². The number of carbonyl (C=O) groups is 1. The van der Waals surface area contributed by atoms with Gasteiger partial charge in [-0.25, -0.2) is 14.6 Å². The fourth-order valence-corrected chi connectivity index (χ4v) is 2.58. The number of aromatic nitrogens is 5. The van der Waals surface area contributed by atoms with Crippen molar-refractivity contribution < 1.29 is 9.90 Å². The maximum Gasteiger partial charge on any atom is 0.306 e. The van der Waals surface area contributed by atoms with Gasteiger partial charge in [-0.3, -0.25) is 4.79 Å². The second-order valence-electron chi connectivity index (χ2n) is 4.85. The van der Waals surface area contributed by atoms with E-state index >= 15 is 0 Å². The van der Waals surface area contributed by atoms with Crippen LogP contribution in [0.5, 0.6) is 0 Å². The lowest BCUT2D eigenvalue weighted by Gasteiger charge is -2.18. The second kappa shape index (κ2) is 4.49. The van der Waals surface area contributed by atoms with Gasteiger partial charge in [-0.2, -0.15) is 5.10 Å². The quantitative estimate of drug-likeness (QED) is 0.856. The van der Waals surface area contributed by atoms with E-state index in [-0.39, 0.29) is 5.92 Å². The fraction of sp³-hybridized carbons (Fsp3) is 0.500. The smallest absolute Gasteiger partial charge is 0.306 e. The van der Waals surface area contributed by atoms with E-state index in [1.54, 1.807) is 11.0 Å². The molecule has 0 spiro atoms. The molecule has 2 aromatic rings. The van der Waals surface area contributed by atoms with Crippen molar-refractivity contribution in [1.29, 1.82) is 0 Å². The predicted octanol–water partition coefficient (Wildman–Crippen LogP) is 0.249. The van der Waals surface area contributed by atoms with Gasteiger partial charge in [-0.1, -0.05) is 0 Å². The zero-order valence-electron chi connectivity index (χ0n) is 10.7. The molecule has 0 aliphatic heterocycles. The van der Waals surface area contributed by atoms with Crippen LogP contribution in [0, 0.1) is 5.92 Å². The maximum atomic E-state index is 11.1. The Morgan fingerprint density at radius 2 is 2.42 bits per heavy atom. The summed E-state index contributed by atoms with van der Waals surface area (Å²) in [5.41, 5.74) is 2.06. The molecule has 100 valence electrons. The molecule has 3 rings (SSSR count). The summed E-state index contributed by atoms with van der Waals surface area (Å²) in [5, 5.41) is 13.2. The lowest BCUT2D eigenvalue weighted by atomic mass is 9.90. The summed E-state index contributed by atoms with van der Waals surface area (Å²) >= 11 is 0. The highest BCUT2D eigenvalue weighted by Crippen LogP contribution is 2.26. The van der Waals surface area contributed by atoms with Gasteiger partial charge in [0.05, 0.1) is 11.6 Å². The average Bonchev–Trinajstić information content (AvgIpc) is 2.99. The molecule has 0 aromatic carbocycles. The van der Waals surface area contributed by atoms with Crippen LogP contribution in [0.4, 0.5) is 0 Å². The number of nitrogens with zero attached hydrogens (tertiary/aromatic N) is 5. The van der Waals surface area contributed by atoms with Crippen molar-refractivity contribution in [3.05, 3.63) is 29.9 Å². The molecule has 1 atom stereocenters. The summed E-state index contributed by atoms with van der Waals surface area (Å²) in [6, 6.07) is 0. The predicted molar refractivity (Wildman–Crippen MR) is 65.5 cm³/mol. The van der Waals surface area contributed by atoms with Gasteiger partial charge in [0.15, 0.2) is 0 Å². The average molecular weight is 261 g/mol. The van der Waals surface area contributed by atoms with Crippen molar-refractivity contribution >= 4 is 5.97 Å². The highest BCUT2D eigenvalue weighted by molar-refractivity contribution is 5.70. The Kier molecular flexibility index (Phi) is 2.81. The number of hydrogen-bond acceptors (Lipinski definition) is 4. The van der Waals surface area contributed by atoms with Crippen molar-refractivity contribution in [1.82, 2.24) is 24.3 Å². The topological polar surface area (TPSA) is 85.8 Å². The van der Waals surface area contributed by atoms with E-state index in [1.807, 2.05) is 7.05 Å². The number of carboxylic acid groups (broad SMARTS) is 1. The molecule has 0 saturated carbocycles. The zero-order valence-corrected chi connectivity index (χ0v) is 10.7. The first-order valence-corrected chi connectivity index (χ1v) is 6.23. The Hall–Kier alpha value is -2.18. The number of rotatable bonds is 3. The molecular formula is C12H15N5O2. The molecule has 1 N–H and O–H groups in total. The van der Waals surface area contributed by atoms with Crippen LogP contribution in [-0.4, -0.2) is 35.4 Å². The van der Waals surface area contributed by atoms with Crippen LogP contribution in [0.15, 0.2) is 12.7 Å². The number of fused-ring (bicyclic) bond motifs is 1. The fourth-order valence-electron chi connectivity index (χ4n) is 2.58. The minimum absolute atomic E-state index is 0.304. The molecule has 0 fully saturated rings. The Bertz CT molecular complexity index is 602. The van der Waals surface area contributed by atoms with Crippen LogP contribution in [0.25, 0.3) is 0 Å². The molecule has 19 heavy (non-hydrogen) atoms. The summed E-state index contributed by atoms with van der Waals surface area (Å²) in [7, 11) is 1.97. The molecule has 7 heteroatoms. The van der Waals surface area contributed by atoms with Crippen molar-refractivity contribution in [3.63, 3.8) is 0 Å². The van der Waals surface area contributed by atoms with Crippen molar-refractivity contribution in [2.24, 2.45) is 13.0 Å². The maximum absolute atomic E-state index is 11.1. The molecular weight excluding hydrogens is 246 g/mol. The third-order valence-electron chi connectivity index (χ3n) is 3.68. The molecule has 1 aliphatic carbocycles. The van der Waals surface area contributed by atoms with E-state index < -0.39 is 5.97 Å². The first-order valence-electron chi connectivity index (χ1n) is 6.23. The molecule has 0 radical (unpaired) electrons. The van der Waals surface area contributed by atoms with Gasteiger partial charge in [0, 0.05) is 19.2 Å². The van der Waals surface area contributed by atoms with Crippen LogP contribution in [0.2, 0.25) is 0 Å². The number of hydrogen-bond donors (Lipinski definition) is 1. The molecule has 1 aliphatic rings. The van der Waals surface area contributed by atoms with Crippen molar-refractivity contribution in [2.45, 2.75) is 25.8 Å². The molecule has 0 bridgehead atoms. The van der Waals surface area contributed by atoms with Crippen molar-refractivity contribution in [2.75, 3.05) is 0 Å². The first-order chi connectivity index (χ1) is 9.15. The van der Waals surface area contributed by atoms with E-state index in [0.29, 0.717) is 19.4 Å². The van der Waals surface area contributed by atoms with Gasteiger partial charge in [0.1, 0.15) is 25.0 Å². The van der Waals surface area contributed by atoms with E-state index in [9.17, 15) is 4.79 Å². The molecule has 7 nitrogen and oxygen atoms in total. The van der Waals surface area contributed by atoms with Gasteiger partial charge in [-0.15, -0.1) is 0 Å². The Morgan fingerprint density at radius 3 is 3.11 bits per heavy atom. The Morgan fingerprint density at radius 1 is 1.58 bits per heavy atom. The molecule has 2 aromatic heterocycles. The summed E-state index contributed by atoms with van der Waals surface area (Å²) in [4.78, 5) is 19.5. The Balaban J connectivity index is 1.87. The molecule has 0 saturated heterocycles. The third kappa shape index (κ3) is 2.11. The summed E-state index contributed by atoms with van der Waals surface area (Å²) in [6.07, 6.45) is 5.12. The normalized spacial score (nSPS) is 18.3. The number of carboxylic acids is 1. The number of imidazole rings is 1. The standard InChI is InChI=1S/C12H15N5O2/c1-16-10-3-2-8(12(18)19)4-9(10)15-11(16)5-17-7-13-6-14-17/h6-8H,2-5H2,1H3,(H,18,19). The molecule has 0 amide bonds. The van der Waals surface area contributed by atoms with Crippen LogP contribution >= 0.6 is 0 Å². The summed E-state index contributed by atoms with van der Waals surface area (Å²) in [5.74, 6) is -0.141. The van der Waals surface area contributed by atoms with Crippen LogP contribution in [0.1, 0.15) is 23.6 Å². The molecule has 1 unspecified atom stereocenters. The van der Waals surface area contributed by atoms with Gasteiger partial charge in [-0.05, 0) is 12.8 Å². The third-order valence-corrected chi connectivity index (χ3v) is 3.68. The second-order valence-corrected chi connectivity index (χ2v) is 4.85. The first kappa shape index (κ1) is 11.9. The highest BCUT2D eigenvalue weighted by Gasteiger charge is 2.28. The van der Waals surface area contributed by atoms with Crippen molar-refractivity contribution in [3.8, 4) is 0 Å². The number of aliphatic carboxylic acids is 1. The minimum atomic E-state index is -0.728. The largest absolute Gasteiger partial charge is 0.481 e. The monoisotopic (exact) mass is 261 g/mol. The Labute approximate surface area is 109 Å². The van der Waals surface area contributed by atoms with E-state index in [1.165, 1.54) is 6.33 Å². The summed E-state index contributed by atoms with van der Waals surface area (Å²) < 4.78 is 3.76. The van der Waals surface area contributed by atoms with Crippen LogP contribution < -0.4 is 0 Å². The van der Waals surface area contributed by atoms with E-state index in [4.69, 9.17) is 5.11 Å². The van der Waals surface area contributed by atoms with E-state index in [2.05, 4.69) is 19.6 Å². The van der Waals surface area contributed by atoms with Gasteiger partial charge < -0.3 is 9.67 Å². The van der Waals surface area contributed by atoms with Gasteiger partial charge in [0.2, 0.25) is 0 Å². The highest BCUT2D eigenvalue weighted by atomic mass is 16.4. The molecule has 2 heterocycles. The summed E-state index contributed by atoms with van der Waals surface area (Å²) in [6.45, 7) is 0.557.